The molecule has 0 radical (unpaired) electrons. The number of ether oxygens (including phenoxy) is 3. The Morgan fingerprint density at radius 2 is 2.04 bits per heavy atom. The number of hydrogen-bond acceptors (Lipinski definition) is 6. The molecule has 3 fully saturated rings. The van der Waals surface area contributed by atoms with Gasteiger partial charge in [0.15, 0.2) is 0 Å². The molecule has 0 bridgehead atoms. The molecule has 148 valence electrons. The van der Waals surface area contributed by atoms with Gasteiger partial charge in [0.25, 0.3) is 0 Å². The molecule has 1 aromatic heterocycles. The van der Waals surface area contributed by atoms with Crippen molar-refractivity contribution in [1.29, 1.82) is 0 Å². The normalized spacial score (nSPS) is 23.7. The molecule has 7 heteroatoms. The van der Waals surface area contributed by atoms with Crippen LogP contribution in [-0.2, 0) is 14.2 Å². The molecule has 0 N–H and O–H groups in total. The predicted octanol–water partition coefficient (Wildman–Crippen LogP) is 2.41. The fraction of sp³-hybridized carbons (Fsp3) is 0.700. The van der Waals surface area contributed by atoms with E-state index >= 15 is 0 Å². The molecule has 1 spiro atoms. The quantitative estimate of drug-likeness (QED) is 0.788. The van der Waals surface area contributed by atoms with E-state index in [1.165, 1.54) is 0 Å². The summed E-state index contributed by atoms with van der Waals surface area (Å²) in [7, 11) is 1.75. The van der Waals surface area contributed by atoms with Crippen LogP contribution < -0.4 is 4.90 Å². The Balaban J connectivity index is 1.42. The number of pyridine rings is 1. The molecular formula is C20H29N3O4. The number of rotatable bonds is 5. The van der Waals surface area contributed by atoms with E-state index in [-0.39, 0.29) is 6.09 Å². The van der Waals surface area contributed by atoms with Crippen LogP contribution in [0.2, 0.25) is 0 Å². The van der Waals surface area contributed by atoms with Gasteiger partial charge in [-0.15, -0.1) is 0 Å². The molecule has 7 nitrogen and oxygen atoms in total. The second-order valence-corrected chi connectivity index (χ2v) is 7.78. The summed E-state index contributed by atoms with van der Waals surface area (Å²) >= 11 is 0. The van der Waals surface area contributed by atoms with Crippen LogP contribution in [0, 0.1) is 0 Å². The van der Waals surface area contributed by atoms with E-state index in [4.69, 9.17) is 19.2 Å². The van der Waals surface area contributed by atoms with Crippen molar-refractivity contribution >= 4 is 11.9 Å². The van der Waals surface area contributed by atoms with E-state index in [9.17, 15) is 4.79 Å². The largest absolute Gasteiger partial charge is 0.440 e. The number of likely N-dealkylation sites (tertiary alicyclic amines) is 1. The Bertz CT molecular complexity index is 654. The average Bonchev–Trinajstić information content (AvgIpc) is 3.03. The molecule has 0 aromatic carbocycles. The van der Waals surface area contributed by atoms with Gasteiger partial charge < -0.3 is 19.1 Å². The number of aromatic nitrogens is 1. The van der Waals surface area contributed by atoms with E-state index in [2.05, 4.69) is 11.0 Å². The van der Waals surface area contributed by atoms with Gasteiger partial charge in [-0.25, -0.2) is 9.78 Å². The Hall–Kier alpha value is -1.70. The van der Waals surface area contributed by atoms with Gasteiger partial charge >= 0.3 is 6.09 Å². The summed E-state index contributed by atoms with van der Waals surface area (Å²) in [4.78, 5) is 21.5. The number of anilines is 1. The van der Waals surface area contributed by atoms with E-state index in [0.29, 0.717) is 31.5 Å². The zero-order valence-electron chi connectivity index (χ0n) is 16.1. The van der Waals surface area contributed by atoms with Gasteiger partial charge in [0.05, 0.1) is 26.4 Å². The number of hydrogen-bond donors (Lipinski definition) is 0. The lowest BCUT2D eigenvalue weighted by Crippen LogP contribution is -2.40. The summed E-state index contributed by atoms with van der Waals surface area (Å²) in [6.07, 6.45) is 3.41. The maximum atomic E-state index is 12.5. The van der Waals surface area contributed by atoms with Crippen molar-refractivity contribution in [3.8, 4) is 0 Å². The van der Waals surface area contributed by atoms with Crippen molar-refractivity contribution in [2.24, 2.45) is 0 Å². The summed E-state index contributed by atoms with van der Waals surface area (Å²) in [5.41, 5.74) is 0.680. The number of nitrogens with zero attached hydrogens (tertiary/aromatic N) is 3. The zero-order valence-corrected chi connectivity index (χ0v) is 16.1. The van der Waals surface area contributed by atoms with Crippen LogP contribution in [-0.4, -0.2) is 74.7 Å². The smallest absolute Gasteiger partial charge is 0.416 e. The first kappa shape index (κ1) is 18.7. The predicted molar refractivity (Wildman–Crippen MR) is 101 cm³/mol. The standard InChI is InChI=1S/C20H29N3O4/c1-25-14-11-22-9-5-16(6-10-22)17-3-2-4-18(21-17)23-15-20(27-19(23)24)7-12-26-13-8-20/h2-4,16H,5-15H2,1H3. The minimum atomic E-state index is -0.403. The number of piperidine rings is 1. The third-order valence-corrected chi connectivity index (χ3v) is 6.02. The molecule has 0 aliphatic carbocycles. The first-order valence-corrected chi connectivity index (χ1v) is 9.96. The fourth-order valence-electron chi connectivity index (χ4n) is 4.29. The van der Waals surface area contributed by atoms with Gasteiger partial charge in [-0.2, -0.15) is 0 Å². The summed E-state index contributed by atoms with van der Waals surface area (Å²) < 4.78 is 16.3. The number of carbonyl (C=O) groups is 1. The molecule has 0 saturated carbocycles. The van der Waals surface area contributed by atoms with E-state index in [1.807, 2.05) is 12.1 Å². The summed E-state index contributed by atoms with van der Waals surface area (Å²) in [6.45, 7) is 5.77. The van der Waals surface area contributed by atoms with Crippen LogP contribution in [0.4, 0.5) is 10.6 Å². The topological polar surface area (TPSA) is 64.1 Å². The summed E-state index contributed by atoms with van der Waals surface area (Å²) in [6, 6.07) is 6.01. The van der Waals surface area contributed by atoms with E-state index in [0.717, 1.165) is 57.6 Å². The highest BCUT2D eigenvalue weighted by atomic mass is 16.6. The second-order valence-electron chi connectivity index (χ2n) is 7.78. The minimum absolute atomic E-state index is 0.282. The highest BCUT2D eigenvalue weighted by molar-refractivity contribution is 5.89. The number of carbonyl (C=O) groups excluding carboxylic acids is 1. The maximum Gasteiger partial charge on any atom is 0.416 e. The molecule has 3 aliphatic rings. The molecule has 3 saturated heterocycles. The number of amides is 1. The molecule has 0 unspecified atom stereocenters. The molecule has 4 heterocycles. The zero-order chi connectivity index (χ0) is 18.7. The van der Waals surface area contributed by atoms with Crippen molar-refractivity contribution in [1.82, 2.24) is 9.88 Å². The van der Waals surface area contributed by atoms with Gasteiger partial charge in [-0.3, -0.25) is 4.90 Å². The highest BCUT2D eigenvalue weighted by Gasteiger charge is 2.47. The first-order valence-electron chi connectivity index (χ1n) is 9.96. The van der Waals surface area contributed by atoms with Crippen molar-refractivity contribution in [2.45, 2.75) is 37.2 Å². The Morgan fingerprint density at radius 3 is 2.78 bits per heavy atom. The molecule has 1 aromatic rings. The van der Waals surface area contributed by atoms with Crippen molar-refractivity contribution < 1.29 is 19.0 Å². The van der Waals surface area contributed by atoms with E-state index in [1.54, 1.807) is 12.0 Å². The van der Waals surface area contributed by atoms with Crippen LogP contribution in [0.5, 0.6) is 0 Å². The molecule has 1 amide bonds. The Kier molecular flexibility index (Phi) is 5.61. The van der Waals surface area contributed by atoms with Crippen molar-refractivity contribution in [2.75, 3.05) is 58.0 Å². The third-order valence-electron chi connectivity index (χ3n) is 6.02. The van der Waals surface area contributed by atoms with Crippen LogP contribution >= 0.6 is 0 Å². The molecular weight excluding hydrogens is 346 g/mol. The Labute approximate surface area is 160 Å². The van der Waals surface area contributed by atoms with Gasteiger partial charge in [0.2, 0.25) is 0 Å². The highest BCUT2D eigenvalue weighted by Crippen LogP contribution is 2.35. The SMILES string of the molecule is COCCN1CCC(c2cccc(N3CC4(CCOCC4)OC3=O)n2)CC1. The van der Waals surface area contributed by atoms with Crippen molar-refractivity contribution in [3.05, 3.63) is 23.9 Å². The van der Waals surface area contributed by atoms with Crippen LogP contribution in [0.15, 0.2) is 18.2 Å². The van der Waals surface area contributed by atoms with Crippen LogP contribution in [0.25, 0.3) is 0 Å². The summed E-state index contributed by atoms with van der Waals surface area (Å²) in [5.74, 6) is 1.15. The lowest BCUT2D eigenvalue weighted by molar-refractivity contribution is -0.0431. The van der Waals surface area contributed by atoms with Gasteiger partial charge in [-0.05, 0) is 38.1 Å². The first-order chi connectivity index (χ1) is 13.2. The lowest BCUT2D eigenvalue weighted by atomic mass is 9.93. The maximum absolute atomic E-state index is 12.5. The molecule has 0 atom stereocenters. The van der Waals surface area contributed by atoms with Crippen molar-refractivity contribution in [3.63, 3.8) is 0 Å². The minimum Gasteiger partial charge on any atom is -0.440 e. The number of methoxy groups -OCH3 is 1. The Morgan fingerprint density at radius 1 is 1.26 bits per heavy atom. The fourth-order valence-corrected chi connectivity index (χ4v) is 4.29. The molecule has 4 rings (SSSR count). The van der Waals surface area contributed by atoms with Gasteiger partial charge in [0.1, 0.15) is 11.4 Å². The molecule has 3 aliphatic heterocycles. The monoisotopic (exact) mass is 375 g/mol. The average molecular weight is 375 g/mol. The van der Waals surface area contributed by atoms with Gasteiger partial charge in [0, 0.05) is 38.1 Å². The second kappa shape index (κ2) is 8.12. The molecule has 27 heavy (non-hydrogen) atoms. The third kappa shape index (κ3) is 4.10. The van der Waals surface area contributed by atoms with Gasteiger partial charge in [-0.1, -0.05) is 6.07 Å². The van der Waals surface area contributed by atoms with Crippen LogP contribution in [0.1, 0.15) is 37.3 Å². The summed E-state index contributed by atoms with van der Waals surface area (Å²) in [5, 5.41) is 0. The van der Waals surface area contributed by atoms with E-state index < -0.39 is 5.60 Å². The van der Waals surface area contributed by atoms with Crippen LogP contribution in [0.3, 0.4) is 0 Å². The lowest BCUT2D eigenvalue weighted by Gasteiger charge is -2.32.